The second-order valence-corrected chi connectivity index (χ2v) is 5.86. The highest BCUT2D eigenvalue weighted by Crippen LogP contribution is 2.18. The first-order valence-electron chi connectivity index (χ1n) is 7.66. The van der Waals surface area contributed by atoms with Crippen LogP contribution in [-0.2, 0) is 9.47 Å². The van der Waals surface area contributed by atoms with Crippen molar-refractivity contribution in [1.82, 2.24) is 10.6 Å². The fourth-order valence-corrected chi connectivity index (χ4v) is 2.56. The summed E-state index contributed by atoms with van der Waals surface area (Å²) >= 11 is 1.72. The predicted octanol–water partition coefficient (Wildman–Crippen LogP) is 2.14. The number of halogens is 1. The molecule has 23 heavy (non-hydrogen) atoms. The molecular weight excluding hydrogens is 317 g/mol. The molecule has 1 aromatic carbocycles. The molecule has 2 N–H and O–H groups in total. The van der Waals surface area contributed by atoms with Gasteiger partial charge in [0.25, 0.3) is 0 Å². The SMILES string of the molecule is CN=C(NCCCSc1ccc(F)cc1)NCCOCCOC. The molecular formula is C16H26FN3O2S. The maximum atomic E-state index is 12.8. The summed E-state index contributed by atoms with van der Waals surface area (Å²) < 4.78 is 23.1. The van der Waals surface area contributed by atoms with Crippen LogP contribution in [-0.4, -0.2) is 58.8 Å². The number of aliphatic imine (C=N–C) groups is 1. The van der Waals surface area contributed by atoms with Crippen LogP contribution in [0.4, 0.5) is 4.39 Å². The van der Waals surface area contributed by atoms with Gasteiger partial charge >= 0.3 is 0 Å². The van der Waals surface area contributed by atoms with Gasteiger partial charge in [-0.15, -0.1) is 11.8 Å². The lowest BCUT2D eigenvalue weighted by molar-refractivity contribution is 0.0733. The zero-order valence-electron chi connectivity index (χ0n) is 13.8. The summed E-state index contributed by atoms with van der Waals surface area (Å²) in [6.45, 7) is 3.36. The Bertz CT molecular complexity index is 443. The Morgan fingerprint density at radius 1 is 1.13 bits per heavy atom. The van der Waals surface area contributed by atoms with Gasteiger partial charge in [0, 0.05) is 32.1 Å². The number of guanidine groups is 1. The van der Waals surface area contributed by atoms with E-state index in [-0.39, 0.29) is 5.82 Å². The van der Waals surface area contributed by atoms with Gasteiger partial charge < -0.3 is 20.1 Å². The third kappa shape index (κ3) is 10.1. The number of rotatable bonds is 11. The summed E-state index contributed by atoms with van der Waals surface area (Å²) in [5.74, 6) is 1.54. The summed E-state index contributed by atoms with van der Waals surface area (Å²) in [6, 6.07) is 6.58. The molecule has 0 aliphatic rings. The van der Waals surface area contributed by atoms with Crippen molar-refractivity contribution in [3.05, 3.63) is 30.1 Å². The number of hydrogen-bond acceptors (Lipinski definition) is 4. The molecule has 5 nitrogen and oxygen atoms in total. The van der Waals surface area contributed by atoms with Crippen molar-refractivity contribution >= 4 is 17.7 Å². The van der Waals surface area contributed by atoms with Gasteiger partial charge in [0.2, 0.25) is 0 Å². The molecule has 7 heteroatoms. The van der Waals surface area contributed by atoms with Crippen LogP contribution in [0.15, 0.2) is 34.2 Å². The zero-order valence-corrected chi connectivity index (χ0v) is 14.6. The van der Waals surface area contributed by atoms with Crippen LogP contribution in [0.2, 0.25) is 0 Å². The van der Waals surface area contributed by atoms with E-state index in [1.165, 1.54) is 12.1 Å². The monoisotopic (exact) mass is 343 g/mol. The standard InChI is InChI=1S/C16H26FN3O2S/c1-18-16(20-9-10-22-12-11-21-2)19-8-3-13-23-15-6-4-14(17)5-7-15/h4-7H,3,8-13H2,1-2H3,(H2,18,19,20). The maximum Gasteiger partial charge on any atom is 0.191 e. The van der Waals surface area contributed by atoms with E-state index in [0.717, 1.165) is 29.6 Å². The lowest BCUT2D eigenvalue weighted by atomic mass is 10.4. The van der Waals surface area contributed by atoms with E-state index in [2.05, 4.69) is 15.6 Å². The van der Waals surface area contributed by atoms with Gasteiger partial charge in [0.05, 0.1) is 19.8 Å². The summed E-state index contributed by atoms with van der Waals surface area (Å²) in [5, 5.41) is 6.44. The van der Waals surface area contributed by atoms with Crippen LogP contribution in [0, 0.1) is 5.82 Å². The van der Waals surface area contributed by atoms with Crippen LogP contribution < -0.4 is 10.6 Å². The number of ether oxygens (including phenoxy) is 2. The average Bonchev–Trinajstić information content (AvgIpc) is 2.57. The molecule has 130 valence electrons. The number of nitrogens with zero attached hydrogens (tertiary/aromatic N) is 1. The predicted molar refractivity (Wildman–Crippen MR) is 93.8 cm³/mol. The Balaban J connectivity index is 2.03. The molecule has 0 spiro atoms. The molecule has 0 radical (unpaired) electrons. The van der Waals surface area contributed by atoms with E-state index in [1.54, 1.807) is 38.1 Å². The van der Waals surface area contributed by atoms with E-state index in [0.29, 0.717) is 26.4 Å². The second kappa shape index (κ2) is 13.2. The van der Waals surface area contributed by atoms with E-state index in [1.807, 2.05) is 0 Å². The molecule has 0 saturated heterocycles. The lowest BCUT2D eigenvalue weighted by Crippen LogP contribution is -2.39. The lowest BCUT2D eigenvalue weighted by Gasteiger charge is -2.12. The summed E-state index contributed by atoms with van der Waals surface area (Å²) in [6.07, 6.45) is 0.993. The molecule has 0 amide bonds. The first kappa shape index (κ1) is 19.7. The van der Waals surface area contributed by atoms with E-state index in [4.69, 9.17) is 9.47 Å². The highest BCUT2D eigenvalue weighted by Gasteiger charge is 1.98. The molecule has 0 heterocycles. The summed E-state index contributed by atoms with van der Waals surface area (Å²) in [4.78, 5) is 5.24. The highest BCUT2D eigenvalue weighted by atomic mass is 32.2. The largest absolute Gasteiger partial charge is 0.382 e. The van der Waals surface area contributed by atoms with Crippen LogP contribution in [0.1, 0.15) is 6.42 Å². The van der Waals surface area contributed by atoms with Gasteiger partial charge in [-0.1, -0.05) is 0 Å². The second-order valence-electron chi connectivity index (χ2n) is 4.69. The van der Waals surface area contributed by atoms with Crippen LogP contribution in [0.3, 0.4) is 0 Å². The first-order chi connectivity index (χ1) is 11.3. The van der Waals surface area contributed by atoms with Crippen LogP contribution in [0.25, 0.3) is 0 Å². The zero-order chi connectivity index (χ0) is 16.8. The van der Waals surface area contributed by atoms with Crippen molar-refractivity contribution in [3.63, 3.8) is 0 Å². The Morgan fingerprint density at radius 2 is 1.87 bits per heavy atom. The fraction of sp³-hybridized carbons (Fsp3) is 0.562. The van der Waals surface area contributed by atoms with Crippen molar-refractivity contribution in [1.29, 1.82) is 0 Å². The molecule has 1 aromatic rings. The van der Waals surface area contributed by atoms with Gasteiger partial charge in [-0.3, -0.25) is 4.99 Å². The molecule has 0 atom stereocenters. The van der Waals surface area contributed by atoms with E-state index < -0.39 is 0 Å². The molecule has 0 aliphatic heterocycles. The Labute approximate surface area is 142 Å². The van der Waals surface area contributed by atoms with Gasteiger partial charge in [-0.2, -0.15) is 0 Å². The topological polar surface area (TPSA) is 54.9 Å². The van der Waals surface area contributed by atoms with E-state index in [9.17, 15) is 4.39 Å². The molecule has 0 saturated carbocycles. The van der Waals surface area contributed by atoms with Crippen molar-refractivity contribution in [2.24, 2.45) is 4.99 Å². The smallest absolute Gasteiger partial charge is 0.191 e. The molecule has 0 aromatic heterocycles. The number of benzene rings is 1. The molecule has 0 aliphatic carbocycles. The first-order valence-corrected chi connectivity index (χ1v) is 8.64. The van der Waals surface area contributed by atoms with Crippen molar-refractivity contribution in [2.75, 3.05) is 52.8 Å². The minimum Gasteiger partial charge on any atom is -0.382 e. The van der Waals surface area contributed by atoms with Crippen LogP contribution in [0.5, 0.6) is 0 Å². The van der Waals surface area contributed by atoms with Gasteiger partial charge in [-0.05, 0) is 36.4 Å². The third-order valence-electron chi connectivity index (χ3n) is 2.89. The minimum atomic E-state index is -0.197. The number of hydrogen-bond donors (Lipinski definition) is 2. The van der Waals surface area contributed by atoms with Crippen molar-refractivity contribution < 1.29 is 13.9 Å². The van der Waals surface area contributed by atoms with E-state index >= 15 is 0 Å². The summed E-state index contributed by atoms with van der Waals surface area (Å²) in [5.41, 5.74) is 0. The average molecular weight is 343 g/mol. The summed E-state index contributed by atoms with van der Waals surface area (Å²) in [7, 11) is 3.40. The van der Waals surface area contributed by atoms with Gasteiger partial charge in [0.1, 0.15) is 5.82 Å². The Kier molecular flexibility index (Phi) is 11.3. The number of nitrogens with one attached hydrogen (secondary N) is 2. The quantitative estimate of drug-likeness (QED) is 0.279. The Hall–Kier alpha value is -1.31. The molecule has 0 bridgehead atoms. The number of thioether (sulfide) groups is 1. The molecule has 1 rings (SSSR count). The highest BCUT2D eigenvalue weighted by molar-refractivity contribution is 7.99. The van der Waals surface area contributed by atoms with Crippen LogP contribution >= 0.6 is 11.8 Å². The van der Waals surface area contributed by atoms with Gasteiger partial charge in [0.15, 0.2) is 5.96 Å². The molecule has 0 fully saturated rings. The number of methoxy groups -OCH3 is 1. The molecule has 0 unspecified atom stereocenters. The minimum absolute atomic E-state index is 0.197. The maximum absolute atomic E-state index is 12.8. The van der Waals surface area contributed by atoms with Crippen molar-refractivity contribution in [2.45, 2.75) is 11.3 Å². The third-order valence-corrected chi connectivity index (χ3v) is 3.99. The Morgan fingerprint density at radius 3 is 2.57 bits per heavy atom. The fourth-order valence-electron chi connectivity index (χ4n) is 1.71. The van der Waals surface area contributed by atoms with Gasteiger partial charge in [-0.25, -0.2) is 4.39 Å². The van der Waals surface area contributed by atoms with Crippen molar-refractivity contribution in [3.8, 4) is 0 Å². The normalized spacial score (nSPS) is 11.5.